The van der Waals surface area contributed by atoms with Gasteiger partial charge in [0.2, 0.25) is 0 Å². The van der Waals surface area contributed by atoms with E-state index in [0.29, 0.717) is 6.10 Å². The van der Waals surface area contributed by atoms with Gasteiger partial charge in [0.15, 0.2) is 0 Å². The smallest absolute Gasteiger partial charge is 0.0961 e. The third kappa shape index (κ3) is 0.705. The standard InChI is InChI=1S/C7H8OS/c1-8-6-4-5-2-3-7(6)9-5/h2-3,6H,4H2,1H3. The highest BCUT2D eigenvalue weighted by atomic mass is 32.1. The number of fused-ring (bicyclic) bond motifs is 2. The van der Waals surface area contributed by atoms with Crippen LogP contribution in [-0.4, -0.2) is 7.11 Å². The number of hydrogen-bond acceptors (Lipinski definition) is 2. The van der Waals surface area contributed by atoms with E-state index in [9.17, 15) is 0 Å². The Morgan fingerprint density at radius 3 is 2.89 bits per heavy atom. The van der Waals surface area contributed by atoms with Crippen LogP contribution in [0.15, 0.2) is 12.1 Å². The molecule has 0 radical (unpaired) electrons. The molecule has 1 atom stereocenters. The van der Waals surface area contributed by atoms with Crippen molar-refractivity contribution in [1.29, 1.82) is 0 Å². The van der Waals surface area contributed by atoms with Gasteiger partial charge in [0.1, 0.15) is 0 Å². The molecule has 48 valence electrons. The van der Waals surface area contributed by atoms with Crippen LogP contribution >= 0.6 is 11.3 Å². The second-order valence-electron chi connectivity index (χ2n) is 2.23. The molecule has 0 spiro atoms. The molecule has 0 amide bonds. The van der Waals surface area contributed by atoms with Gasteiger partial charge >= 0.3 is 0 Å². The predicted octanol–water partition coefficient (Wildman–Crippen LogP) is 1.99. The predicted molar refractivity (Wildman–Crippen MR) is 37.8 cm³/mol. The highest BCUT2D eigenvalue weighted by Gasteiger charge is 2.20. The van der Waals surface area contributed by atoms with Crippen molar-refractivity contribution in [3.05, 3.63) is 21.9 Å². The Hall–Kier alpha value is -0.340. The summed E-state index contributed by atoms with van der Waals surface area (Å²) >= 11 is 1.86. The third-order valence-electron chi connectivity index (χ3n) is 1.67. The van der Waals surface area contributed by atoms with E-state index in [1.807, 2.05) is 11.3 Å². The van der Waals surface area contributed by atoms with E-state index in [2.05, 4.69) is 12.1 Å². The molecule has 1 nitrogen and oxygen atoms in total. The largest absolute Gasteiger partial charge is 0.376 e. The number of methoxy groups -OCH3 is 1. The molecule has 2 bridgehead atoms. The zero-order chi connectivity index (χ0) is 6.27. The van der Waals surface area contributed by atoms with Crippen LogP contribution < -0.4 is 0 Å². The number of rotatable bonds is 1. The minimum absolute atomic E-state index is 0.384. The van der Waals surface area contributed by atoms with Gasteiger partial charge in [-0.25, -0.2) is 0 Å². The summed E-state index contributed by atoms with van der Waals surface area (Å²) in [5.41, 5.74) is 0. The quantitative estimate of drug-likeness (QED) is 0.579. The summed E-state index contributed by atoms with van der Waals surface area (Å²) in [6.45, 7) is 0. The van der Waals surface area contributed by atoms with Crippen LogP contribution in [0.25, 0.3) is 0 Å². The molecule has 0 aromatic carbocycles. The fourth-order valence-corrected chi connectivity index (χ4v) is 2.28. The molecule has 0 fully saturated rings. The molecule has 0 N–H and O–H groups in total. The first kappa shape index (κ1) is 5.45. The number of ether oxygens (including phenoxy) is 1. The Labute approximate surface area is 58.3 Å². The third-order valence-corrected chi connectivity index (χ3v) is 2.87. The molecule has 0 saturated carbocycles. The van der Waals surface area contributed by atoms with Crippen LogP contribution in [0.5, 0.6) is 0 Å². The molecule has 0 saturated heterocycles. The molecule has 9 heavy (non-hydrogen) atoms. The van der Waals surface area contributed by atoms with Crippen LogP contribution in [0, 0.1) is 0 Å². The van der Waals surface area contributed by atoms with Crippen LogP contribution in [0.1, 0.15) is 15.9 Å². The van der Waals surface area contributed by atoms with Crippen molar-refractivity contribution in [1.82, 2.24) is 0 Å². The van der Waals surface area contributed by atoms with Crippen LogP contribution in [0.3, 0.4) is 0 Å². The van der Waals surface area contributed by atoms with Gasteiger partial charge in [0.25, 0.3) is 0 Å². The van der Waals surface area contributed by atoms with E-state index in [1.54, 1.807) is 7.11 Å². The fourth-order valence-electron chi connectivity index (χ4n) is 1.16. The summed E-state index contributed by atoms with van der Waals surface area (Å²) in [5.74, 6) is 0. The topological polar surface area (TPSA) is 9.23 Å². The van der Waals surface area contributed by atoms with Gasteiger partial charge in [0.05, 0.1) is 6.10 Å². The van der Waals surface area contributed by atoms with Gasteiger partial charge < -0.3 is 4.74 Å². The van der Waals surface area contributed by atoms with Crippen molar-refractivity contribution in [2.24, 2.45) is 0 Å². The van der Waals surface area contributed by atoms with Crippen molar-refractivity contribution >= 4 is 11.3 Å². The molecule has 0 aliphatic carbocycles. The first-order chi connectivity index (χ1) is 4.40. The Morgan fingerprint density at radius 2 is 2.56 bits per heavy atom. The minimum atomic E-state index is 0.384. The van der Waals surface area contributed by atoms with Crippen molar-refractivity contribution in [3.63, 3.8) is 0 Å². The average Bonchev–Trinajstić information content (AvgIpc) is 2.45. The zero-order valence-corrected chi connectivity index (χ0v) is 6.07. The maximum atomic E-state index is 5.22. The molecule has 1 aromatic rings. The first-order valence-electron chi connectivity index (χ1n) is 3.01. The summed E-state index contributed by atoms with van der Waals surface area (Å²) in [6, 6.07) is 4.33. The molecule has 2 heteroatoms. The lowest BCUT2D eigenvalue weighted by atomic mass is 10.1. The minimum Gasteiger partial charge on any atom is -0.376 e. The molecule has 2 heterocycles. The van der Waals surface area contributed by atoms with E-state index in [0.717, 1.165) is 6.42 Å². The van der Waals surface area contributed by atoms with E-state index >= 15 is 0 Å². The summed E-state index contributed by atoms with van der Waals surface area (Å²) < 4.78 is 5.22. The van der Waals surface area contributed by atoms with Crippen molar-refractivity contribution < 1.29 is 4.74 Å². The van der Waals surface area contributed by atoms with Gasteiger partial charge in [-0.2, -0.15) is 0 Å². The monoisotopic (exact) mass is 140 g/mol. The Bertz CT molecular complexity index is 216. The average molecular weight is 140 g/mol. The van der Waals surface area contributed by atoms with Crippen molar-refractivity contribution in [2.75, 3.05) is 7.11 Å². The molecule has 1 aliphatic rings. The number of hydrogen-bond donors (Lipinski definition) is 0. The Kier molecular flexibility index (Phi) is 1.10. The van der Waals surface area contributed by atoms with E-state index in [1.165, 1.54) is 9.75 Å². The summed E-state index contributed by atoms with van der Waals surface area (Å²) in [4.78, 5) is 2.84. The summed E-state index contributed by atoms with van der Waals surface area (Å²) in [6.07, 6.45) is 1.49. The van der Waals surface area contributed by atoms with Crippen LogP contribution in [0.4, 0.5) is 0 Å². The summed E-state index contributed by atoms with van der Waals surface area (Å²) in [7, 11) is 1.77. The maximum Gasteiger partial charge on any atom is 0.0961 e. The molecule has 1 aromatic heterocycles. The van der Waals surface area contributed by atoms with Gasteiger partial charge in [-0.05, 0) is 12.1 Å². The first-order valence-corrected chi connectivity index (χ1v) is 3.83. The maximum absolute atomic E-state index is 5.22. The lowest BCUT2D eigenvalue weighted by molar-refractivity contribution is 0.108. The van der Waals surface area contributed by atoms with Crippen molar-refractivity contribution in [3.8, 4) is 0 Å². The number of thiophene rings is 1. The van der Waals surface area contributed by atoms with Crippen molar-refractivity contribution in [2.45, 2.75) is 12.5 Å². The van der Waals surface area contributed by atoms with E-state index < -0.39 is 0 Å². The molecular formula is C7H8OS. The van der Waals surface area contributed by atoms with E-state index in [4.69, 9.17) is 4.74 Å². The molecular weight excluding hydrogens is 132 g/mol. The normalized spacial score (nSPS) is 23.0. The van der Waals surface area contributed by atoms with Gasteiger partial charge in [-0.15, -0.1) is 11.3 Å². The van der Waals surface area contributed by atoms with Gasteiger partial charge in [0, 0.05) is 23.3 Å². The van der Waals surface area contributed by atoms with Gasteiger partial charge in [-0.3, -0.25) is 0 Å². The summed E-state index contributed by atoms with van der Waals surface area (Å²) in [5, 5.41) is 0. The van der Waals surface area contributed by atoms with Crippen LogP contribution in [0.2, 0.25) is 0 Å². The lowest BCUT2D eigenvalue weighted by Gasteiger charge is -2.07. The second-order valence-corrected chi connectivity index (χ2v) is 3.43. The Morgan fingerprint density at radius 1 is 1.67 bits per heavy atom. The lowest BCUT2D eigenvalue weighted by Crippen LogP contribution is -1.99. The Balaban J connectivity index is 2.33. The molecule has 1 aliphatic heterocycles. The zero-order valence-electron chi connectivity index (χ0n) is 5.26. The highest BCUT2D eigenvalue weighted by molar-refractivity contribution is 7.12. The van der Waals surface area contributed by atoms with E-state index in [-0.39, 0.29) is 0 Å². The molecule has 1 unspecified atom stereocenters. The SMILES string of the molecule is COC1Cc2ccc1s2. The molecule has 2 rings (SSSR count). The fraction of sp³-hybridized carbons (Fsp3) is 0.429. The van der Waals surface area contributed by atoms with Gasteiger partial charge in [-0.1, -0.05) is 0 Å². The highest BCUT2D eigenvalue weighted by Crippen LogP contribution is 2.36. The second kappa shape index (κ2) is 1.82. The van der Waals surface area contributed by atoms with Crippen LogP contribution in [-0.2, 0) is 11.2 Å².